The summed E-state index contributed by atoms with van der Waals surface area (Å²) >= 11 is 0. The fraction of sp³-hybridized carbons (Fsp3) is 0.562. The minimum absolute atomic E-state index is 0.288. The second-order valence-electron chi connectivity index (χ2n) is 5.53. The first-order valence-corrected chi connectivity index (χ1v) is 7.28. The summed E-state index contributed by atoms with van der Waals surface area (Å²) in [6, 6.07) is 7.11. The van der Waals surface area contributed by atoms with E-state index in [4.69, 9.17) is 10.00 Å². The van der Waals surface area contributed by atoms with Crippen molar-refractivity contribution < 1.29 is 9.13 Å². The highest BCUT2D eigenvalue weighted by Gasteiger charge is 2.23. The minimum Gasteiger partial charge on any atom is -0.383 e. The molecule has 21 heavy (non-hydrogen) atoms. The molecule has 1 atom stereocenters. The summed E-state index contributed by atoms with van der Waals surface area (Å²) < 4.78 is 19.0. The van der Waals surface area contributed by atoms with Gasteiger partial charge < -0.3 is 4.74 Å². The Labute approximate surface area is 125 Å². The molecule has 1 aliphatic heterocycles. The van der Waals surface area contributed by atoms with Crippen LogP contribution >= 0.6 is 0 Å². The highest BCUT2D eigenvalue weighted by atomic mass is 19.1. The number of piperazine rings is 1. The lowest BCUT2D eigenvalue weighted by Gasteiger charge is -2.39. The molecule has 0 bridgehead atoms. The van der Waals surface area contributed by atoms with Gasteiger partial charge in [0, 0.05) is 51.4 Å². The lowest BCUT2D eigenvalue weighted by atomic mass is 10.1. The van der Waals surface area contributed by atoms with Crippen molar-refractivity contribution in [2.24, 2.45) is 0 Å². The van der Waals surface area contributed by atoms with E-state index in [0.29, 0.717) is 23.7 Å². The number of rotatable bonds is 5. The third kappa shape index (κ3) is 4.24. The predicted octanol–water partition coefficient (Wildman–Crippen LogP) is 1.85. The molecule has 0 aromatic heterocycles. The normalized spacial score (nSPS) is 20.4. The molecule has 0 N–H and O–H groups in total. The molecule has 0 unspecified atom stereocenters. The summed E-state index contributed by atoms with van der Waals surface area (Å²) in [5.74, 6) is -0.288. The number of hydrogen-bond acceptors (Lipinski definition) is 4. The van der Waals surface area contributed by atoms with Gasteiger partial charge in [0.05, 0.1) is 18.2 Å². The minimum atomic E-state index is -0.288. The Balaban J connectivity index is 1.92. The number of methoxy groups -OCH3 is 1. The Morgan fingerprint density at radius 1 is 1.43 bits per heavy atom. The number of nitriles is 1. The molecule has 0 aliphatic carbocycles. The van der Waals surface area contributed by atoms with Gasteiger partial charge >= 0.3 is 0 Å². The van der Waals surface area contributed by atoms with Gasteiger partial charge in [-0.2, -0.15) is 5.26 Å². The molecule has 114 valence electrons. The molecule has 1 aromatic rings. The Kier molecular flexibility index (Phi) is 5.68. The molecule has 1 aliphatic rings. The Hall–Kier alpha value is -1.48. The van der Waals surface area contributed by atoms with Gasteiger partial charge in [-0.15, -0.1) is 0 Å². The topological polar surface area (TPSA) is 39.5 Å². The Bertz CT molecular complexity index is 515. The standard InChI is InChI=1S/C16H22FN3O/c1-13-11-19(5-6-20(13)7-8-21-2)12-15-4-3-14(10-18)9-16(15)17/h3-4,9,13H,5-8,11-12H2,1-2H3/t13-/m1/s1. The van der Waals surface area contributed by atoms with Crippen LogP contribution in [-0.4, -0.2) is 55.7 Å². The van der Waals surface area contributed by atoms with Crippen molar-refractivity contribution in [2.75, 3.05) is 39.9 Å². The van der Waals surface area contributed by atoms with E-state index in [9.17, 15) is 4.39 Å². The van der Waals surface area contributed by atoms with Crippen molar-refractivity contribution in [2.45, 2.75) is 19.5 Å². The third-order valence-corrected chi connectivity index (χ3v) is 4.01. The molecular weight excluding hydrogens is 269 g/mol. The largest absolute Gasteiger partial charge is 0.383 e. The van der Waals surface area contributed by atoms with Gasteiger partial charge in [-0.1, -0.05) is 6.07 Å². The second kappa shape index (κ2) is 7.51. The lowest BCUT2D eigenvalue weighted by molar-refractivity contribution is 0.0553. The Morgan fingerprint density at radius 2 is 2.24 bits per heavy atom. The van der Waals surface area contributed by atoms with Crippen LogP contribution in [0.5, 0.6) is 0 Å². The van der Waals surface area contributed by atoms with Crippen molar-refractivity contribution in [1.82, 2.24) is 9.80 Å². The van der Waals surface area contributed by atoms with Gasteiger partial charge in [0.25, 0.3) is 0 Å². The SMILES string of the molecule is COCCN1CCN(Cc2ccc(C#N)cc2F)C[C@H]1C. The lowest BCUT2D eigenvalue weighted by Crippen LogP contribution is -2.52. The number of hydrogen-bond donors (Lipinski definition) is 0. The van der Waals surface area contributed by atoms with E-state index in [2.05, 4.69) is 16.7 Å². The first kappa shape index (κ1) is 15.9. The van der Waals surface area contributed by atoms with Crippen molar-refractivity contribution in [1.29, 1.82) is 5.26 Å². The molecule has 4 nitrogen and oxygen atoms in total. The second-order valence-corrected chi connectivity index (χ2v) is 5.53. The van der Waals surface area contributed by atoms with E-state index < -0.39 is 0 Å². The number of halogens is 1. The van der Waals surface area contributed by atoms with Gasteiger partial charge in [0.1, 0.15) is 5.82 Å². The average molecular weight is 291 g/mol. The molecule has 5 heteroatoms. The zero-order valence-corrected chi connectivity index (χ0v) is 12.7. The van der Waals surface area contributed by atoms with Crippen LogP contribution in [0.3, 0.4) is 0 Å². The summed E-state index contributed by atoms with van der Waals surface area (Å²) in [7, 11) is 1.72. The molecule has 1 saturated heterocycles. The Morgan fingerprint density at radius 3 is 2.86 bits per heavy atom. The van der Waals surface area contributed by atoms with Gasteiger partial charge in [0.2, 0.25) is 0 Å². The van der Waals surface area contributed by atoms with Crippen molar-refractivity contribution >= 4 is 0 Å². The van der Waals surface area contributed by atoms with Gasteiger partial charge in [0.15, 0.2) is 0 Å². The summed E-state index contributed by atoms with van der Waals surface area (Å²) in [5.41, 5.74) is 1.03. The fourth-order valence-corrected chi connectivity index (χ4v) is 2.74. The number of nitrogens with zero attached hydrogens (tertiary/aromatic N) is 3. The first-order valence-electron chi connectivity index (χ1n) is 7.28. The van der Waals surface area contributed by atoms with Crippen molar-refractivity contribution in [3.63, 3.8) is 0 Å². The molecule has 2 rings (SSSR count). The van der Waals surface area contributed by atoms with Crippen LogP contribution in [0.1, 0.15) is 18.1 Å². The van der Waals surface area contributed by atoms with Gasteiger partial charge in [-0.25, -0.2) is 4.39 Å². The zero-order valence-electron chi connectivity index (χ0n) is 12.7. The summed E-state index contributed by atoms with van der Waals surface area (Å²) in [4.78, 5) is 4.66. The van der Waals surface area contributed by atoms with Crippen molar-refractivity contribution in [3.8, 4) is 6.07 Å². The molecule has 0 spiro atoms. The van der Waals surface area contributed by atoms with Gasteiger partial charge in [-0.05, 0) is 19.1 Å². The van der Waals surface area contributed by atoms with Crippen molar-refractivity contribution in [3.05, 3.63) is 35.1 Å². The van der Waals surface area contributed by atoms with Crippen LogP contribution < -0.4 is 0 Å². The first-order chi connectivity index (χ1) is 10.1. The molecule has 0 radical (unpaired) electrons. The van der Waals surface area contributed by atoms with Gasteiger partial charge in [-0.3, -0.25) is 9.80 Å². The van der Waals surface area contributed by atoms with Crippen LogP contribution in [0, 0.1) is 17.1 Å². The van der Waals surface area contributed by atoms with E-state index >= 15 is 0 Å². The molecule has 1 fully saturated rings. The maximum Gasteiger partial charge on any atom is 0.129 e. The highest BCUT2D eigenvalue weighted by Crippen LogP contribution is 2.16. The summed E-state index contributed by atoms with van der Waals surface area (Å²) in [6.07, 6.45) is 0. The van der Waals surface area contributed by atoms with Crippen LogP contribution in [0.2, 0.25) is 0 Å². The molecule has 1 aromatic carbocycles. The molecule has 0 saturated carbocycles. The molecular formula is C16H22FN3O. The quantitative estimate of drug-likeness (QED) is 0.830. The smallest absolute Gasteiger partial charge is 0.129 e. The maximum atomic E-state index is 13.9. The monoisotopic (exact) mass is 291 g/mol. The predicted molar refractivity (Wildman–Crippen MR) is 79.3 cm³/mol. The molecule has 0 amide bonds. The van der Waals surface area contributed by atoms with Crippen LogP contribution in [0.4, 0.5) is 4.39 Å². The number of benzene rings is 1. The average Bonchev–Trinajstić information content (AvgIpc) is 2.48. The summed E-state index contributed by atoms with van der Waals surface area (Å²) in [6.45, 7) is 7.29. The summed E-state index contributed by atoms with van der Waals surface area (Å²) in [5, 5.41) is 8.77. The van der Waals surface area contributed by atoms with Crippen LogP contribution in [0.15, 0.2) is 18.2 Å². The maximum absolute atomic E-state index is 13.9. The fourth-order valence-electron chi connectivity index (χ4n) is 2.74. The third-order valence-electron chi connectivity index (χ3n) is 4.01. The molecule has 1 heterocycles. The van der Waals surface area contributed by atoms with E-state index in [-0.39, 0.29) is 5.82 Å². The van der Waals surface area contributed by atoms with E-state index in [0.717, 1.165) is 32.8 Å². The van der Waals surface area contributed by atoms with Crippen LogP contribution in [-0.2, 0) is 11.3 Å². The van der Waals surface area contributed by atoms with E-state index in [1.807, 2.05) is 6.07 Å². The number of ether oxygens (including phenoxy) is 1. The highest BCUT2D eigenvalue weighted by molar-refractivity contribution is 5.32. The van der Waals surface area contributed by atoms with E-state index in [1.54, 1.807) is 19.2 Å². The zero-order chi connectivity index (χ0) is 15.2. The van der Waals surface area contributed by atoms with E-state index in [1.165, 1.54) is 6.07 Å². The van der Waals surface area contributed by atoms with Crippen LogP contribution in [0.25, 0.3) is 0 Å².